The van der Waals surface area contributed by atoms with E-state index < -0.39 is 0 Å². The minimum atomic E-state index is -0.312. The largest absolute Gasteiger partial charge is 0.493 e. The SMILES string of the molecule is COc1ccccc1OCc1ccc(C(=O)NCc2cccc(N3CCCCC3=O)c2)o1. The number of ether oxygens (including phenoxy) is 2. The third kappa shape index (κ3) is 5.11. The van der Waals surface area contributed by atoms with Gasteiger partial charge in [0, 0.05) is 25.2 Å². The molecule has 2 heterocycles. The van der Waals surface area contributed by atoms with Gasteiger partial charge in [0.25, 0.3) is 5.91 Å². The topological polar surface area (TPSA) is 81.0 Å². The van der Waals surface area contributed by atoms with Crippen LogP contribution < -0.4 is 19.7 Å². The van der Waals surface area contributed by atoms with Gasteiger partial charge < -0.3 is 24.1 Å². The highest BCUT2D eigenvalue weighted by Gasteiger charge is 2.20. The fraction of sp³-hybridized carbons (Fsp3) is 0.280. The number of nitrogens with one attached hydrogen (secondary N) is 1. The van der Waals surface area contributed by atoms with Gasteiger partial charge in [-0.3, -0.25) is 9.59 Å². The van der Waals surface area contributed by atoms with E-state index in [2.05, 4.69) is 5.32 Å². The van der Waals surface area contributed by atoms with E-state index in [1.54, 1.807) is 25.3 Å². The third-order valence-electron chi connectivity index (χ3n) is 5.32. The number of hydrogen-bond acceptors (Lipinski definition) is 5. The summed E-state index contributed by atoms with van der Waals surface area (Å²) in [4.78, 5) is 26.5. The first-order valence-electron chi connectivity index (χ1n) is 10.7. The molecule has 32 heavy (non-hydrogen) atoms. The van der Waals surface area contributed by atoms with Gasteiger partial charge >= 0.3 is 0 Å². The zero-order valence-electron chi connectivity index (χ0n) is 18.0. The lowest BCUT2D eigenvalue weighted by molar-refractivity contribution is -0.119. The molecule has 1 saturated heterocycles. The van der Waals surface area contributed by atoms with Gasteiger partial charge in [-0.2, -0.15) is 0 Å². The molecule has 1 N–H and O–H groups in total. The lowest BCUT2D eigenvalue weighted by Gasteiger charge is -2.27. The maximum Gasteiger partial charge on any atom is 0.287 e. The molecule has 7 heteroatoms. The summed E-state index contributed by atoms with van der Waals surface area (Å²) in [7, 11) is 1.58. The summed E-state index contributed by atoms with van der Waals surface area (Å²) in [5.74, 6) is 1.82. The van der Waals surface area contributed by atoms with Crippen LogP contribution in [0, 0.1) is 0 Å². The summed E-state index contributed by atoms with van der Waals surface area (Å²) in [5.41, 5.74) is 1.79. The number of amides is 2. The van der Waals surface area contributed by atoms with Crippen LogP contribution in [0.1, 0.15) is 41.1 Å². The zero-order valence-corrected chi connectivity index (χ0v) is 18.0. The Morgan fingerprint density at radius 2 is 1.91 bits per heavy atom. The predicted molar refractivity (Wildman–Crippen MR) is 120 cm³/mol. The lowest BCUT2D eigenvalue weighted by atomic mass is 10.1. The Labute approximate surface area is 186 Å². The molecule has 2 amide bonds. The van der Waals surface area contributed by atoms with Crippen molar-refractivity contribution in [1.82, 2.24) is 5.32 Å². The monoisotopic (exact) mass is 434 g/mol. The van der Waals surface area contributed by atoms with Crippen molar-refractivity contribution >= 4 is 17.5 Å². The van der Waals surface area contributed by atoms with Gasteiger partial charge in [-0.25, -0.2) is 0 Å². The normalized spacial score (nSPS) is 13.7. The second-order valence-corrected chi connectivity index (χ2v) is 7.56. The van der Waals surface area contributed by atoms with Crippen LogP contribution in [0.5, 0.6) is 11.5 Å². The molecule has 1 aromatic heterocycles. The number of anilines is 1. The first-order chi connectivity index (χ1) is 15.6. The first kappa shape index (κ1) is 21.5. The molecule has 0 spiro atoms. The molecule has 0 atom stereocenters. The Kier molecular flexibility index (Phi) is 6.75. The summed E-state index contributed by atoms with van der Waals surface area (Å²) in [6.07, 6.45) is 2.54. The van der Waals surface area contributed by atoms with Crippen LogP contribution in [0.2, 0.25) is 0 Å². The maximum absolute atomic E-state index is 12.5. The lowest BCUT2D eigenvalue weighted by Crippen LogP contribution is -2.35. The highest BCUT2D eigenvalue weighted by atomic mass is 16.5. The smallest absolute Gasteiger partial charge is 0.287 e. The number of nitrogens with zero attached hydrogens (tertiary/aromatic N) is 1. The number of furan rings is 1. The van der Waals surface area contributed by atoms with Crippen molar-refractivity contribution in [3.05, 3.63) is 77.7 Å². The molecular formula is C25H26N2O5. The fourth-order valence-electron chi connectivity index (χ4n) is 3.65. The Morgan fingerprint density at radius 3 is 2.72 bits per heavy atom. The van der Waals surface area contributed by atoms with Gasteiger partial charge in [-0.15, -0.1) is 0 Å². The van der Waals surface area contributed by atoms with E-state index in [0.29, 0.717) is 30.2 Å². The summed E-state index contributed by atoms with van der Waals surface area (Å²) in [6.45, 7) is 1.25. The van der Waals surface area contributed by atoms with E-state index >= 15 is 0 Å². The van der Waals surface area contributed by atoms with Crippen LogP contribution in [0.25, 0.3) is 0 Å². The molecule has 0 bridgehead atoms. The summed E-state index contributed by atoms with van der Waals surface area (Å²) < 4.78 is 16.6. The molecule has 4 rings (SSSR count). The van der Waals surface area contributed by atoms with Gasteiger partial charge in [-0.05, 0) is 54.8 Å². The molecule has 0 unspecified atom stereocenters. The summed E-state index contributed by atoms with van der Waals surface area (Å²) in [5, 5.41) is 2.87. The standard InChI is InChI=1S/C25H26N2O5/c1-30-21-9-2-3-10-22(21)31-17-20-12-13-23(32-20)25(29)26-16-18-7-6-8-19(15-18)27-14-5-4-11-24(27)28/h2-3,6-10,12-13,15H,4-5,11,14,16-17H2,1H3,(H,26,29). The molecule has 1 aliphatic heterocycles. The van der Waals surface area contributed by atoms with Crippen molar-refractivity contribution in [1.29, 1.82) is 0 Å². The highest BCUT2D eigenvalue weighted by molar-refractivity contribution is 5.94. The Hall–Kier alpha value is -3.74. The molecule has 0 aliphatic carbocycles. The van der Waals surface area contributed by atoms with Gasteiger partial charge in [0.05, 0.1) is 7.11 Å². The van der Waals surface area contributed by atoms with Gasteiger partial charge in [0.15, 0.2) is 17.3 Å². The number of carbonyl (C=O) groups is 2. The minimum Gasteiger partial charge on any atom is -0.493 e. The number of para-hydroxylation sites is 2. The molecular weight excluding hydrogens is 408 g/mol. The molecule has 0 saturated carbocycles. The van der Waals surface area contributed by atoms with Crippen LogP contribution in [0.15, 0.2) is 65.1 Å². The van der Waals surface area contributed by atoms with E-state index in [0.717, 1.165) is 30.6 Å². The molecule has 1 aliphatic rings. The maximum atomic E-state index is 12.5. The number of rotatable bonds is 8. The molecule has 2 aromatic carbocycles. The number of hydrogen-bond donors (Lipinski definition) is 1. The van der Waals surface area contributed by atoms with Gasteiger partial charge in [0.2, 0.25) is 5.91 Å². The Balaban J connectivity index is 1.33. The minimum absolute atomic E-state index is 0.149. The predicted octanol–water partition coefficient (Wildman–Crippen LogP) is 4.31. The third-order valence-corrected chi connectivity index (χ3v) is 5.32. The highest BCUT2D eigenvalue weighted by Crippen LogP contribution is 2.27. The van der Waals surface area contributed by atoms with Gasteiger partial charge in [0.1, 0.15) is 12.4 Å². The van der Waals surface area contributed by atoms with Crippen molar-refractivity contribution in [2.75, 3.05) is 18.6 Å². The van der Waals surface area contributed by atoms with Crippen LogP contribution in [0.4, 0.5) is 5.69 Å². The van der Waals surface area contributed by atoms with Crippen LogP contribution in [0.3, 0.4) is 0 Å². The average molecular weight is 434 g/mol. The van der Waals surface area contributed by atoms with E-state index in [-0.39, 0.29) is 24.2 Å². The second-order valence-electron chi connectivity index (χ2n) is 7.56. The number of piperidine rings is 1. The molecule has 166 valence electrons. The van der Waals surface area contributed by atoms with Crippen LogP contribution in [-0.2, 0) is 17.9 Å². The number of carbonyl (C=O) groups excluding carboxylic acids is 2. The number of methoxy groups -OCH3 is 1. The second kappa shape index (κ2) is 10.0. The molecule has 7 nitrogen and oxygen atoms in total. The summed E-state index contributed by atoms with van der Waals surface area (Å²) in [6, 6.07) is 18.4. The fourth-order valence-corrected chi connectivity index (χ4v) is 3.65. The van der Waals surface area contributed by atoms with E-state index in [9.17, 15) is 9.59 Å². The molecule has 1 fully saturated rings. The van der Waals surface area contributed by atoms with Crippen molar-refractivity contribution < 1.29 is 23.5 Å². The van der Waals surface area contributed by atoms with Gasteiger partial charge in [-0.1, -0.05) is 24.3 Å². The first-order valence-corrected chi connectivity index (χ1v) is 10.7. The van der Waals surface area contributed by atoms with E-state index in [4.69, 9.17) is 13.9 Å². The van der Waals surface area contributed by atoms with Crippen molar-refractivity contribution in [2.24, 2.45) is 0 Å². The van der Waals surface area contributed by atoms with Crippen LogP contribution >= 0.6 is 0 Å². The van der Waals surface area contributed by atoms with Crippen molar-refractivity contribution in [2.45, 2.75) is 32.4 Å². The Bertz CT molecular complexity index is 1090. The van der Waals surface area contributed by atoms with Crippen LogP contribution in [-0.4, -0.2) is 25.5 Å². The quantitative estimate of drug-likeness (QED) is 0.571. The van der Waals surface area contributed by atoms with Crippen molar-refractivity contribution in [3.8, 4) is 11.5 Å². The van der Waals surface area contributed by atoms with E-state index in [1.807, 2.05) is 47.4 Å². The number of benzene rings is 2. The molecule has 0 radical (unpaired) electrons. The van der Waals surface area contributed by atoms with E-state index in [1.165, 1.54) is 0 Å². The summed E-state index contributed by atoms with van der Waals surface area (Å²) >= 11 is 0. The Morgan fingerprint density at radius 1 is 1.06 bits per heavy atom. The zero-order chi connectivity index (χ0) is 22.3. The molecule has 3 aromatic rings. The average Bonchev–Trinajstić information content (AvgIpc) is 3.31. The van der Waals surface area contributed by atoms with Crippen molar-refractivity contribution in [3.63, 3.8) is 0 Å².